The second kappa shape index (κ2) is 9.25. The van der Waals surface area contributed by atoms with Crippen molar-refractivity contribution in [2.75, 3.05) is 17.4 Å². The van der Waals surface area contributed by atoms with Crippen LogP contribution in [0, 0.1) is 0 Å². The van der Waals surface area contributed by atoms with E-state index in [2.05, 4.69) is 10.6 Å². The lowest BCUT2D eigenvalue weighted by molar-refractivity contribution is -0.120. The van der Waals surface area contributed by atoms with E-state index in [1.54, 1.807) is 73.8 Å². The number of hydrogen-bond donors (Lipinski definition) is 2. The van der Waals surface area contributed by atoms with E-state index in [-0.39, 0.29) is 18.2 Å². The van der Waals surface area contributed by atoms with Crippen LogP contribution < -0.4 is 16.2 Å². The Bertz CT molecular complexity index is 1180. The zero-order valence-electron chi connectivity index (χ0n) is 17.2. The summed E-state index contributed by atoms with van der Waals surface area (Å²) >= 11 is 5.88. The molecule has 9 heteroatoms. The number of halogens is 1. The maximum Gasteiger partial charge on any atom is 0.324 e. The molecular weight excluding hydrogens is 432 g/mol. The van der Waals surface area contributed by atoms with Crippen LogP contribution in [0.3, 0.4) is 0 Å². The van der Waals surface area contributed by atoms with Crippen molar-refractivity contribution in [2.24, 2.45) is 0 Å². The molecule has 3 amide bonds. The van der Waals surface area contributed by atoms with Crippen LogP contribution in [0.4, 0.5) is 16.2 Å². The molecule has 0 radical (unpaired) electrons. The van der Waals surface area contributed by atoms with Gasteiger partial charge in [-0.15, -0.1) is 0 Å². The minimum absolute atomic E-state index is 0.00542. The van der Waals surface area contributed by atoms with Gasteiger partial charge in [0.1, 0.15) is 12.8 Å². The summed E-state index contributed by atoms with van der Waals surface area (Å²) in [7, 11) is 0. The van der Waals surface area contributed by atoms with E-state index in [1.165, 1.54) is 15.5 Å². The second-order valence-corrected chi connectivity index (χ2v) is 7.73. The average molecular weight is 453 g/mol. The van der Waals surface area contributed by atoms with Gasteiger partial charge in [0.2, 0.25) is 5.91 Å². The first-order valence-corrected chi connectivity index (χ1v) is 10.3. The lowest BCUT2D eigenvalue weighted by Crippen LogP contribution is -2.48. The van der Waals surface area contributed by atoms with Crippen LogP contribution in [0.15, 0.2) is 77.7 Å². The summed E-state index contributed by atoms with van der Waals surface area (Å²) in [5.41, 5.74) is 1.63. The van der Waals surface area contributed by atoms with Crippen LogP contribution in [0.25, 0.3) is 5.69 Å². The molecule has 1 aliphatic heterocycles. The van der Waals surface area contributed by atoms with Crippen molar-refractivity contribution in [2.45, 2.75) is 19.1 Å². The topological polar surface area (TPSA) is 92.7 Å². The van der Waals surface area contributed by atoms with E-state index in [0.29, 0.717) is 22.1 Å². The minimum Gasteiger partial charge on any atom is -0.355 e. The van der Waals surface area contributed by atoms with Gasteiger partial charge in [0.15, 0.2) is 0 Å². The number of benzene rings is 2. The summed E-state index contributed by atoms with van der Waals surface area (Å²) in [6.45, 7) is 1.74. The van der Waals surface area contributed by atoms with Gasteiger partial charge in [0.05, 0.1) is 6.10 Å². The van der Waals surface area contributed by atoms with Crippen molar-refractivity contribution in [3.63, 3.8) is 0 Å². The molecule has 2 atom stereocenters. The number of nitrogens with zero attached hydrogens (tertiary/aromatic N) is 2. The standard InChI is InChI=1S/C23H21ClN4O4/c1-15-21(28(14-32-15)23(31)26-18-7-5-16(24)6-8-18)22(30)25-17-9-11-19(12-10-17)27-13-3-2-4-20(27)29/h2-13,15,21H,14H2,1H3,(H,25,30)(H,26,31). The molecule has 8 nitrogen and oxygen atoms in total. The molecule has 32 heavy (non-hydrogen) atoms. The molecule has 2 heterocycles. The van der Waals surface area contributed by atoms with Gasteiger partial charge in [0, 0.05) is 34.3 Å². The maximum atomic E-state index is 13.0. The van der Waals surface area contributed by atoms with Crippen LogP contribution in [-0.2, 0) is 9.53 Å². The van der Waals surface area contributed by atoms with E-state index in [9.17, 15) is 14.4 Å². The highest BCUT2D eigenvalue weighted by atomic mass is 35.5. The molecule has 1 aliphatic rings. The second-order valence-electron chi connectivity index (χ2n) is 7.30. The van der Waals surface area contributed by atoms with Crippen LogP contribution in [0.1, 0.15) is 6.92 Å². The average Bonchev–Trinajstić information content (AvgIpc) is 3.18. The fraction of sp³-hybridized carbons (Fsp3) is 0.174. The Labute approximate surface area is 189 Å². The summed E-state index contributed by atoms with van der Waals surface area (Å²) in [5, 5.41) is 6.12. The van der Waals surface area contributed by atoms with Crippen LogP contribution >= 0.6 is 11.6 Å². The molecule has 0 aliphatic carbocycles. The molecule has 2 unspecified atom stereocenters. The predicted octanol–water partition coefficient (Wildman–Crippen LogP) is 3.71. The highest BCUT2D eigenvalue weighted by Crippen LogP contribution is 2.22. The minimum atomic E-state index is -0.807. The first-order chi connectivity index (χ1) is 15.4. The number of carbonyl (C=O) groups is 2. The van der Waals surface area contributed by atoms with Gasteiger partial charge in [-0.2, -0.15) is 0 Å². The van der Waals surface area contributed by atoms with E-state index in [0.717, 1.165) is 0 Å². The molecule has 0 saturated carbocycles. The number of carbonyl (C=O) groups excluding carboxylic acids is 2. The molecule has 1 fully saturated rings. The molecule has 0 spiro atoms. The van der Waals surface area contributed by atoms with Gasteiger partial charge in [-0.25, -0.2) is 4.79 Å². The SMILES string of the molecule is CC1OCN(C(=O)Nc2ccc(Cl)cc2)C1C(=O)Nc1ccc(-n2ccccc2=O)cc1. The fourth-order valence-corrected chi connectivity index (χ4v) is 3.58. The molecule has 3 aromatic rings. The number of aromatic nitrogens is 1. The predicted molar refractivity (Wildman–Crippen MR) is 122 cm³/mol. The van der Waals surface area contributed by atoms with E-state index in [4.69, 9.17) is 16.3 Å². The Morgan fingerprint density at radius 3 is 2.31 bits per heavy atom. The number of pyridine rings is 1. The molecular formula is C23H21ClN4O4. The molecule has 1 saturated heterocycles. The Kier molecular flexibility index (Phi) is 6.25. The number of ether oxygens (including phenoxy) is 1. The zero-order chi connectivity index (χ0) is 22.7. The number of hydrogen-bond acceptors (Lipinski definition) is 4. The summed E-state index contributed by atoms with van der Waals surface area (Å²) in [6.07, 6.45) is 1.19. The van der Waals surface area contributed by atoms with Crippen LogP contribution in [0.5, 0.6) is 0 Å². The Morgan fingerprint density at radius 2 is 1.62 bits per heavy atom. The third-order valence-corrected chi connectivity index (χ3v) is 5.37. The van der Waals surface area contributed by atoms with E-state index < -0.39 is 18.2 Å². The van der Waals surface area contributed by atoms with Gasteiger partial charge < -0.3 is 15.4 Å². The monoisotopic (exact) mass is 452 g/mol. The zero-order valence-corrected chi connectivity index (χ0v) is 18.0. The molecule has 2 N–H and O–H groups in total. The van der Waals surface area contributed by atoms with Gasteiger partial charge in [-0.1, -0.05) is 17.7 Å². The molecule has 1 aromatic heterocycles. The molecule has 2 aromatic carbocycles. The molecule has 164 valence electrons. The number of nitrogens with one attached hydrogen (secondary N) is 2. The van der Waals surface area contributed by atoms with Crippen molar-refractivity contribution in [1.29, 1.82) is 0 Å². The summed E-state index contributed by atoms with van der Waals surface area (Å²) in [4.78, 5) is 39.0. The van der Waals surface area contributed by atoms with Crippen molar-refractivity contribution < 1.29 is 14.3 Å². The van der Waals surface area contributed by atoms with Crippen molar-refractivity contribution in [1.82, 2.24) is 9.47 Å². The Morgan fingerprint density at radius 1 is 0.969 bits per heavy atom. The maximum absolute atomic E-state index is 13.0. The number of amides is 3. The first kappa shape index (κ1) is 21.6. The van der Waals surface area contributed by atoms with Crippen LogP contribution in [-0.4, -0.2) is 40.3 Å². The summed E-state index contributed by atoms with van der Waals surface area (Å²) in [6, 6.07) is 17.2. The number of urea groups is 1. The van der Waals surface area contributed by atoms with Gasteiger partial charge in [0.25, 0.3) is 5.56 Å². The number of rotatable bonds is 4. The third-order valence-electron chi connectivity index (χ3n) is 5.12. The number of anilines is 2. The quantitative estimate of drug-likeness (QED) is 0.631. The Balaban J connectivity index is 1.45. The largest absolute Gasteiger partial charge is 0.355 e. The highest BCUT2D eigenvalue weighted by Gasteiger charge is 2.40. The van der Waals surface area contributed by atoms with E-state index in [1.807, 2.05) is 0 Å². The molecule has 4 rings (SSSR count). The summed E-state index contributed by atoms with van der Waals surface area (Å²) < 4.78 is 7.05. The summed E-state index contributed by atoms with van der Waals surface area (Å²) in [5.74, 6) is -0.370. The van der Waals surface area contributed by atoms with E-state index >= 15 is 0 Å². The van der Waals surface area contributed by atoms with Crippen molar-refractivity contribution in [3.8, 4) is 5.69 Å². The lowest BCUT2D eigenvalue weighted by Gasteiger charge is -2.24. The van der Waals surface area contributed by atoms with Gasteiger partial charge in [-0.05, 0) is 61.5 Å². The van der Waals surface area contributed by atoms with Crippen molar-refractivity contribution >= 4 is 34.9 Å². The lowest BCUT2D eigenvalue weighted by atomic mass is 10.1. The van der Waals surface area contributed by atoms with Gasteiger partial charge >= 0.3 is 6.03 Å². The smallest absolute Gasteiger partial charge is 0.324 e. The van der Waals surface area contributed by atoms with Crippen LogP contribution in [0.2, 0.25) is 5.02 Å². The fourth-order valence-electron chi connectivity index (χ4n) is 3.45. The molecule has 0 bridgehead atoms. The highest BCUT2D eigenvalue weighted by molar-refractivity contribution is 6.30. The normalized spacial score (nSPS) is 17.8. The third kappa shape index (κ3) is 4.66. The first-order valence-electron chi connectivity index (χ1n) is 9.96. The van der Waals surface area contributed by atoms with Gasteiger partial charge in [-0.3, -0.25) is 19.1 Å². The Hall–Kier alpha value is -3.62. The van der Waals surface area contributed by atoms with Crippen molar-refractivity contribution in [3.05, 3.63) is 88.3 Å².